The van der Waals surface area contributed by atoms with Crippen molar-refractivity contribution in [1.29, 1.82) is 0 Å². The van der Waals surface area contributed by atoms with Crippen LogP contribution in [0.1, 0.15) is 41.4 Å². The summed E-state index contributed by atoms with van der Waals surface area (Å²) in [7, 11) is 1.63. The van der Waals surface area contributed by atoms with Crippen molar-refractivity contribution in [2.75, 3.05) is 20.1 Å². The molecule has 0 bridgehead atoms. The number of rotatable bonds is 7. The summed E-state index contributed by atoms with van der Waals surface area (Å²) in [4.78, 5) is 16.4. The number of hydrogen-bond donors (Lipinski definition) is 3. The highest BCUT2D eigenvalue weighted by molar-refractivity contribution is 6.31. The Morgan fingerprint density at radius 3 is 2.67 bits per heavy atom. The van der Waals surface area contributed by atoms with E-state index in [1.54, 1.807) is 7.05 Å². The van der Waals surface area contributed by atoms with Gasteiger partial charge in [-0.15, -0.1) is 0 Å². The minimum atomic E-state index is -0.0797. The van der Waals surface area contributed by atoms with Crippen LogP contribution in [0.4, 0.5) is 0 Å². The molecular weight excluding hydrogens is 360 g/mol. The molecule has 0 aliphatic rings. The Morgan fingerprint density at radius 2 is 1.96 bits per heavy atom. The Morgan fingerprint density at radius 1 is 1.19 bits per heavy atom. The number of hydrogen-bond acceptors (Lipinski definition) is 2. The maximum atomic E-state index is 11.7. The monoisotopic (exact) mass is 386 g/mol. The van der Waals surface area contributed by atoms with Crippen molar-refractivity contribution in [2.45, 2.75) is 26.3 Å². The van der Waals surface area contributed by atoms with Gasteiger partial charge in [0.05, 0.1) is 6.04 Å². The number of carbonyl (C=O) groups excluding carboxylic acids is 1. The van der Waals surface area contributed by atoms with Crippen LogP contribution in [0.25, 0.3) is 0 Å². The average molecular weight is 387 g/mol. The molecule has 0 saturated heterocycles. The second kappa shape index (κ2) is 10.6. The fraction of sp³-hybridized carbons (Fsp3) is 0.333. The van der Waals surface area contributed by atoms with Gasteiger partial charge < -0.3 is 16.0 Å². The van der Waals surface area contributed by atoms with E-state index < -0.39 is 0 Å². The van der Waals surface area contributed by atoms with Gasteiger partial charge in [0.15, 0.2) is 5.96 Å². The van der Waals surface area contributed by atoms with Gasteiger partial charge in [0.1, 0.15) is 0 Å². The molecule has 2 aromatic carbocycles. The van der Waals surface area contributed by atoms with Crippen molar-refractivity contribution >= 4 is 23.5 Å². The van der Waals surface area contributed by atoms with E-state index in [2.05, 4.69) is 27.9 Å². The number of benzene rings is 2. The second-order valence-electron chi connectivity index (χ2n) is 6.18. The van der Waals surface area contributed by atoms with Gasteiger partial charge in [-0.2, -0.15) is 0 Å². The maximum Gasteiger partial charge on any atom is 0.251 e. The zero-order valence-corrected chi connectivity index (χ0v) is 16.8. The third kappa shape index (κ3) is 6.29. The third-order valence-electron chi connectivity index (χ3n) is 4.16. The Kier molecular flexibility index (Phi) is 8.14. The van der Waals surface area contributed by atoms with Gasteiger partial charge in [-0.25, -0.2) is 0 Å². The summed E-state index contributed by atoms with van der Waals surface area (Å²) in [6, 6.07) is 15.4. The smallest absolute Gasteiger partial charge is 0.251 e. The van der Waals surface area contributed by atoms with Gasteiger partial charge in [-0.3, -0.25) is 9.79 Å². The normalized spacial score (nSPS) is 12.4. The van der Waals surface area contributed by atoms with Crippen molar-refractivity contribution in [2.24, 2.45) is 4.99 Å². The van der Waals surface area contributed by atoms with Crippen LogP contribution in [0.3, 0.4) is 0 Å². The van der Waals surface area contributed by atoms with Gasteiger partial charge in [0, 0.05) is 30.7 Å². The Hall–Kier alpha value is -2.53. The van der Waals surface area contributed by atoms with Gasteiger partial charge >= 0.3 is 0 Å². The molecule has 3 N–H and O–H groups in total. The predicted molar refractivity (Wildman–Crippen MR) is 113 cm³/mol. The highest BCUT2D eigenvalue weighted by Crippen LogP contribution is 2.21. The lowest BCUT2D eigenvalue weighted by molar-refractivity contribution is 0.0963. The summed E-state index contributed by atoms with van der Waals surface area (Å²) in [5.41, 5.74) is 2.77. The van der Waals surface area contributed by atoms with Crippen molar-refractivity contribution in [3.05, 3.63) is 70.2 Å². The van der Waals surface area contributed by atoms with Crippen molar-refractivity contribution in [3.63, 3.8) is 0 Å². The number of carbonyl (C=O) groups is 1. The molecule has 2 rings (SSSR count). The molecule has 0 spiro atoms. The first-order valence-corrected chi connectivity index (χ1v) is 9.53. The average Bonchev–Trinajstić information content (AvgIpc) is 2.68. The molecule has 27 heavy (non-hydrogen) atoms. The quantitative estimate of drug-likeness (QED) is 0.503. The molecule has 0 fully saturated rings. The molecule has 6 heteroatoms. The SMILES string of the molecule is CCNC(=NCCc1cccc(C(=O)NC)c1)NC(C)c1ccccc1Cl. The summed E-state index contributed by atoms with van der Waals surface area (Å²) in [6.45, 7) is 5.47. The lowest BCUT2D eigenvalue weighted by Gasteiger charge is -2.19. The number of nitrogens with one attached hydrogen (secondary N) is 3. The van der Waals surface area contributed by atoms with E-state index in [4.69, 9.17) is 11.6 Å². The third-order valence-corrected chi connectivity index (χ3v) is 4.50. The van der Waals surface area contributed by atoms with E-state index in [1.165, 1.54) is 0 Å². The van der Waals surface area contributed by atoms with Crippen LogP contribution in [0.5, 0.6) is 0 Å². The Bertz CT molecular complexity index is 791. The van der Waals surface area contributed by atoms with Crippen LogP contribution in [0.15, 0.2) is 53.5 Å². The molecule has 0 radical (unpaired) electrons. The molecule has 1 atom stereocenters. The molecule has 0 aromatic heterocycles. The van der Waals surface area contributed by atoms with Gasteiger partial charge in [0.2, 0.25) is 0 Å². The second-order valence-corrected chi connectivity index (χ2v) is 6.58. The zero-order valence-electron chi connectivity index (χ0n) is 16.1. The Labute approximate surface area is 166 Å². The molecule has 0 aliphatic heterocycles. The van der Waals surface area contributed by atoms with Crippen LogP contribution >= 0.6 is 11.6 Å². The van der Waals surface area contributed by atoms with E-state index in [1.807, 2.05) is 55.5 Å². The molecule has 1 amide bonds. The molecule has 2 aromatic rings. The summed E-state index contributed by atoms with van der Waals surface area (Å²) in [5, 5.41) is 10.0. The van der Waals surface area contributed by atoms with E-state index in [9.17, 15) is 4.79 Å². The minimum absolute atomic E-state index is 0.0353. The predicted octanol–water partition coefficient (Wildman–Crippen LogP) is 3.56. The van der Waals surface area contributed by atoms with Gasteiger partial charge in [-0.1, -0.05) is 41.9 Å². The molecule has 5 nitrogen and oxygen atoms in total. The lowest BCUT2D eigenvalue weighted by Crippen LogP contribution is -2.39. The van der Waals surface area contributed by atoms with E-state index in [0.29, 0.717) is 12.1 Å². The van der Waals surface area contributed by atoms with Gasteiger partial charge in [0.25, 0.3) is 5.91 Å². The molecule has 0 aliphatic carbocycles. The van der Waals surface area contributed by atoms with Crippen LogP contribution in [0.2, 0.25) is 5.02 Å². The molecule has 1 unspecified atom stereocenters. The van der Waals surface area contributed by atoms with Crippen LogP contribution < -0.4 is 16.0 Å². The lowest BCUT2D eigenvalue weighted by atomic mass is 10.1. The molecule has 0 heterocycles. The highest BCUT2D eigenvalue weighted by atomic mass is 35.5. The zero-order chi connectivity index (χ0) is 19.6. The van der Waals surface area contributed by atoms with E-state index in [-0.39, 0.29) is 11.9 Å². The summed E-state index contributed by atoms with van der Waals surface area (Å²) in [5.74, 6) is 0.663. The fourth-order valence-corrected chi connectivity index (χ4v) is 3.04. The summed E-state index contributed by atoms with van der Waals surface area (Å²) in [6.07, 6.45) is 0.752. The molecule has 0 saturated carbocycles. The highest BCUT2D eigenvalue weighted by Gasteiger charge is 2.10. The molecular formula is C21H27ClN4O. The summed E-state index contributed by atoms with van der Waals surface area (Å²) < 4.78 is 0. The number of nitrogens with zero attached hydrogens (tertiary/aromatic N) is 1. The first kappa shape index (κ1) is 20.8. The van der Waals surface area contributed by atoms with Crippen molar-refractivity contribution in [1.82, 2.24) is 16.0 Å². The molecule has 144 valence electrons. The number of amides is 1. The van der Waals surface area contributed by atoms with Crippen LogP contribution in [-0.4, -0.2) is 32.0 Å². The van der Waals surface area contributed by atoms with Crippen molar-refractivity contribution in [3.8, 4) is 0 Å². The van der Waals surface area contributed by atoms with E-state index >= 15 is 0 Å². The van der Waals surface area contributed by atoms with Crippen LogP contribution in [0, 0.1) is 0 Å². The van der Waals surface area contributed by atoms with E-state index in [0.717, 1.165) is 35.1 Å². The minimum Gasteiger partial charge on any atom is -0.357 e. The maximum absolute atomic E-state index is 11.7. The Balaban J connectivity index is 2.01. The summed E-state index contributed by atoms with van der Waals surface area (Å²) >= 11 is 6.28. The van der Waals surface area contributed by atoms with Gasteiger partial charge in [-0.05, 0) is 49.6 Å². The number of guanidine groups is 1. The standard InChI is InChI=1S/C21H27ClN4O/c1-4-24-21(26-15(2)18-10-5-6-11-19(18)22)25-13-12-16-8-7-9-17(14-16)20(27)23-3/h5-11,14-15H,4,12-13H2,1-3H3,(H,23,27)(H2,24,25,26). The topological polar surface area (TPSA) is 65.5 Å². The fourth-order valence-electron chi connectivity index (χ4n) is 2.74. The number of aliphatic imine (C=N–C) groups is 1. The van der Waals surface area contributed by atoms with Crippen molar-refractivity contribution < 1.29 is 4.79 Å². The number of halogens is 1. The first-order valence-electron chi connectivity index (χ1n) is 9.15. The van der Waals surface area contributed by atoms with Crippen LogP contribution in [-0.2, 0) is 6.42 Å². The largest absolute Gasteiger partial charge is 0.357 e. The first-order chi connectivity index (χ1) is 13.0.